The lowest BCUT2D eigenvalue weighted by Gasteiger charge is -2.02. The van der Waals surface area contributed by atoms with Gasteiger partial charge in [0.05, 0.1) is 17.1 Å². The maximum absolute atomic E-state index is 13.4. The van der Waals surface area contributed by atoms with Crippen LogP contribution in [0.1, 0.15) is 0 Å². The van der Waals surface area contributed by atoms with Gasteiger partial charge in [0, 0.05) is 34.9 Å². The van der Waals surface area contributed by atoms with Gasteiger partial charge in [0.15, 0.2) is 5.65 Å². The number of fused-ring (bicyclic) bond motifs is 2. The lowest BCUT2D eigenvalue weighted by Crippen LogP contribution is -1.85. The Morgan fingerprint density at radius 2 is 1.68 bits per heavy atom. The molecule has 0 aliphatic rings. The van der Waals surface area contributed by atoms with Crippen LogP contribution in [0.25, 0.3) is 55.8 Å². The van der Waals surface area contributed by atoms with Crippen molar-refractivity contribution >= 4 is 22.1 Å². The predicted octanol–water partition coefficient (Wildman–Crippen LogP) is 5.37. The van der Waals surface area contributed by atoms with Crippen molar-refractivity contribution in [3.8, 4) is 33.8 Å². The number of halogens is 1. The fraction of sp³-hybridized carbons (Fsp3) is 0. The van der Waals surface area contributed by atoms with E-state index in [2.05, 4.69) is 30.1 Å². The normalized spacial score (nSPS) is 11.4. The van der Waals surface area contributed by atoms with E-state index in [9.17, 15) is 4.39 Å². The zero-order valence-electron chi connectivity index (χ0n) is 16.2. The quantitative estimate of drug-likeness (QED) is 0.414. The van der Waals surface area contributed by atoms with Crippen LogP contribution in [0.2, 0.25) is 0 Å². The second-order valence-electron chi connectivity index (χ2n) is 7.22. The first kappa shape index (κ1) is 17.5. The lowest BCUT2D eigenvalue weighted by molar-refractivity contribution is 0.628. The number of nitrogens with zero attached hydrogens (tertiary/aromatic N) is 4. The highest BCUT2D eigenvalue weighted by atomic mass is 19.1. The van der Waals surface area contributed by atoms with Crippen molar-refractivity contribution in [2.45, 2.75) is 0 Å². The number of H-pyrrole nitrogens is 2. The molecule has 6 aromatic rings. The van der Waals surface area contributed by atoms with E-state index in [1.165, 1.54) is 12.1 Å². The molecule has 0 radical (unpaired) electrons. The van der Waals surface area contributed by atoms with Crippen LogP contribution in [0.4, 0.5) is 4.39 Å². The molecular weight excluding hydrogens is 391 g/mol. The Labute approximate surface area is 175 Å². The second kappa shape index (κ2) is 6.84. The summed E-state index contributed by atoms with van der Waals surface area (Å²) in [7, 11) is 0. The highest BCUT2D eigenvalue weighted by Gasteiger charge is 2.15. The minimum absolute atomic E-state index is 0.260. The van der Waals surface area contributed by atoms with Crippen LogP contribution in [0.5, 0.6) is 0 Å². The molecule has 6 nitrogen and oxygen atoms in total. The number of aromatic nitrogens is 6. The van der Waals surface area contributed by atoms with Crippen LogP contribution in [0.15, 0.2) is 79.3 Å². The molecule has 0 atom stereocenters. The van der Waals surface area contributed by atoms with Crippen LogP contribution < -0.4 is 0 Å². The first-order valence-corrected chi connectivity index (χ1v) is 9.76. The molecule has 0 saturated carbocycles. The van der Waals surface area contributed by atoms with Crippen molar-refractivity contribution in [1.82, 2.24) is 30.1 Å². The van der Waals surface area contributed by atoms with E-state index in [4.69, 9.17) is 0 Å². The Balaban J connectivity index is 1.51. The minimum atomic E-state index is -0.260. The van der Waals surface area contributed by atoms with Crippen LogP contribution in [-0.2, 0) is 0 Å². The van der Waals surface area contributed by atoms with Crippen molar-refractivity contribution in [3.05, 3.63) is 85.1 Å². The van der Waals surface area contributed by atoms with Crippen molar-refractivity contribution in [2.24, 2.45) is 0 Å². The largest absolute Gasteiger partial charge is 0.338 e. The van der Waals surface area contributed by atoms with Crippen molar-refractivity contribution in [1.29, 1.82) is 0 Å². The maximum Gasteiger partial charge on any atom is 0.181 e. The molecule has 7 heteroatoms. The first-order chi connectivity index (χ1) is 15.3. The van der Waals surface area contributed by atoms with Gasteiger partial charge in [-0.05, 0) is 53.6 Å². The molecule has 31 heavy (non-hydrogen) atoms. The summed E-state index contributed by atoms with van der Waals surface area (Å²) < 4.78 is 13.4. The molecule has 0 amide bonds. The van der Waals surface area contributed by atoms with Gasteiger partial charge in [-0.1, -0.05) is 18.2 Å². The van der Waals surface area contributed by atoms with Gasteiger partial charge >= 0.3 is 0 Å². The lowest BCUT2D eigenvalue weighted by atomic mass is 10.0. The Bertz CT molecular complexity index is 1530. The van der Waals surface area contributed by atoms with Crippen LogP contribution in [0, 0.1) is 5.82 Å². The third-order valence-electron chi connectivity index (χ3n) is 5.33. The van der Waals surface area contributed by atoms with Crippen molar-refractivity contribution < 1.29 is 4.39 Å². The van der Waals surface area contributed by atoms with E-state index in [0.717, 1.165) is 50.2 Å². The molecule has 0 aliphatic heterocycles. The molecule has 0 spiro atoms. The number of hydrogen-bond donors (Lipinski definition) is 2. The van der Waals surface area contributed by atoms with Gasteiger partial charge in [0.25, 0.3) is 0 Å². The van der Waals surface area contributed by atoms with E-state index in [1.54, 1.807) is 30.7 Å². The fourth-order valence-electron chi connectivity index (χ4n) is 3.82. The van der Waals surface area contributed by atoms with Gasteiger partial charge in [-0.25, -0.2) is 14.4 Å². The number of nitrogens with one attached hydrogen (secondary N) is 2. The summed E-state index contributed by atoms with van der Waals surface area (Å²) in [5.41, 5.74) is 6.70. The third kappa shape index (κ3) is 2.95. The number of benzene rings is 1. The van der Waals surface area contributed by atoms with Crippen LogP contribution in [-0.4, -0.2) is 30.1 Å². The molecule has 5 heterocycles. The molecular formula is C24H15FN6. The monoisotopic (exact) mass is 406 g/mol. The summed E-state index contributed by atoms with van der Waals surface area (Å²) in [6.45, 7) is 0. The summed E-state index contributed by atoms with van der Waals surface area (Å²) >= 11 is 0. The summed E-state index contributed by atoms with van der Waals surface area (Å²) in [5.74, 6) is -0.260. The van der Waals surface area contributed by atoms with Gasteiger partial charge in [-0.3, -0.25) is 10.1 Å². The molecule has 0 fully saturated rings. The van der Waals surface area contributed by atoms with E-state index in [0.29, 0.717) is 5.65 Å². The minimum Gasteiger partial charge on any atom is -0.338 e. The number of rotatable bonds is 3. The smallest absolute Gasteiger partial charge is 0.181 e. The highest BCUT2D eigenvalue weighted by molar-refractivity contribution is 5.99. The van der Waals surface area contributed by atoms with E-state index < -0.39 is 0 Å². The third-order valence-corrected chi connectivity index (χ3v) is 5.33. The topological polar surface area (TPSA) is 83.1 Å². The average Bonchev–Trinajstić information content (AvgIpc) is 3.43. The predicted molar refractivity (Wildman–Crippen MR) is 118 cm³/mol. The van der Waals surface area contributed by atoms with Gasteiger partial charge in [0.1, 0.15) is 11.5 Å². The van der Waals surface area contributed by atoms with Gasteiger partial charge in [-0.2, -0.15) is 5.10 Å². The summed E-state index contributed by atoms with van der Waals surface area (Å²) in [5, 5.41) is 9.28. The molecule has 1 aromatic carbocycles. The van der Waals surface area contributed by atoms with E-state index in [1.807, 2.05) is 36.4 Å². The summed E-state index contributed by atoms with van der Waals surface area (Å²) in [6, 6.07) is 18.2. The Morgan fingerprint density at radius 3 is 2.52 bits per heavy atom. The molecule has 148 valence electrons. The molecule has 0 saturated heterocycles. The zero-order chi connectivity index (χ0) is 20.8. The molecule has 0 unspecified atom stereocenters. The van der Waals surface area contributed by atoms with Gasteiger partial charge in [0.2, 0.25) is 0 Å². The fourth-order valence-corrected chi connectivity index (χ4v) is 3.82. The van der Waals surface area contributed by atoms with Crippen molar-refractivity contribution in [2.75, 3.05) is 0 Å². The zero-order valence-corrected chi connectivity index (χ0v) is 16.2. The van der Waals surface area contributed by atoms with Crippen LogP contribution >= 0.6 is 0 Å². The Hall–Kier alpha value is -4.39. The average molecular weight is 406 g/mol. The summed E-state index contributed by atoms with van der Waals surface area (Å²) in [6.07, 6.45) is 5.28. The Morgan fingerprint density at radius 1 is 0.774 bits per heavy atom. The molecule has 0 bridgehead atoms. The van der Waals surface area contributed by atoms with Crippen molar-refractivity contribution in [3.63, 3.8) is 0 Å². The van der Waals surface area contributed by atoms with E-state index >= 15 is 0 Å². The molecule has 0 aliphatic carbocycles. The standard InChI is InChI=1S/C24H15FN6/c25-16-6-4-14(5-7-16)17-8-10-27-23-18(17)12-21(29-23)22-19-11-15(13-28-24(19)31-30-22)20-3-1-2-9-26-20/h1-13H,(H,27,29)(H,28,30,31). The number of hydrogen-bond acceptors (Lipinski definition) is 4. The number of aromatic amines is 2. The Kier molecular flexibility index (Phi) is 3.86. The van der Waals surface area contributed by atoms with E-state index in [-0.39, 0.29) is 5.82 Å². The van der Waals surface area contributed by atoms with Gasteiger partial charge < -0.3 is 4.98 Å². The SMILES string of the molecule is Fc1ccc(-c2ccnc3[nH]c(-c4[nH]nc5ncc(-c6ccccn6)cc45)cc23)cc1. The highest BCUT2D eigenvalue weighted by Crippen LogP contribution is 2.33. The number of pyridine rings is 3. The molecule has 5 aromatic heterocycles. The first-order valence-electron chi connectivity index (χ1n) is 9.76. The summed E-state index contributed by atoms with van der Waals surface area (Å²) in [4.78, 5) is 16.7. The second-order valence-corrected chi connectivity index (χ2v) is 7.22. The molecule has 2 N–H and O–H groups in total. The van der Waals surface area contributed by atoms with Gasteiger partial charge in [-0.15, -0.1) is 0 Å². The maximum atomic E-state index is 13.4. The molecule has 6 rings (SSSR count). The van der Waals surface area contributed by atoms with Crippen LogP contribution in [0.3, 0.4) is 0 Å².